The van der Waals surface area contributed by atoms with Crippen molar-refractivity contribution in [2.45, 2.75) is 23.3 Å². The summed E-state index contributed by atoms with van der Waals surface area (Å²) in [5.74, 6) is 0.706. The van der Waals surface area contributed by atoms with E-state index in [1.807, 2.05) is 17.5 Å². The molecule has 1 aromatic heterocycles. The topological polar surface area (TPSA) is 84.9 Å². The van der Waals surface area contributed by atoms with Gasteiger partial charge >= 0.3 is 0 Å². The van der Waals surface area contributed by atoms with Gasteiger partial charge in [-0.05, 0) is 42.3 Å². The highest BCUT2D eigenvalue weighted by molar-refractivity contribution is 7.89. The first kappa shape index (κ1) is 18.2. The van der Waals surface area contributed by atoms with Gasteiger partial charge in [-0.15, -0.1) is 11.3 Å². The van der Waals surface area contributed by atoms with Crippen LogP contribution in [0.15, 0.2) is 40.6 Å². The van der Waals surface area contributed by atoms with Crippen LogP contribution in [-0.4, -0.2) is 34.3 Å². The lowest BCUT2D eigenvalue weighted by Crippen LogP contribution is -2.42. The Bertz CT molecular complexity index is 831. The van der Waals surface area contributed by atoms with E-state index in [0.29, 0.717) is 5.75 Å². The number of aliphatic hydroxyl groups is 1. The van der Waals surface area contributed by atoms with E-state index in [2.05, 4.69) is 4.72 Å². The molecule has 2 N–H and O–H groups in total. The van der Waals surface area contributed by atoms with Crippen molar-refractivity contribution in [3.05, 3.63) is 40.6 Å². The maximum atomic E-state index is 12.8. The zero-order chi connectivity index (χ0) is 18.1. The zero-order valence-corrected chi connectivity index (χ0v) is 15.7. The quantitative estimate of drug-likeness (QED) is 0.731. The number of nitrogens with one attached hydrogen (secondary N) is 1. The molecule has 0 aliphatic heterocycles. The van der Waals surface area contributed by atoms with Gasteiger partial charge in [0.1, 0.15) is 22.0 Å². The molecule has 3 rings (SSSR count). The lowest BCUT2D eigenvalue weighted by Gasteiger charge is -2.27. The molecule has 1 aliphatic rings. The van der Waals surface area contributed by atoms with Gasteiger partial charge < -0.3 is 14.6 Å². The summed E-state index contributed by atoms with van der Waals surface area (Å²) in [6.45, 7) is -0.0825. The van der Waals surface area contributed by atoms with Crippen molar-refractivity contribution in [2.75, 3.05) is 20.8 Å². The van der Waals surface area contributed by atoms with Crippen LogP contribution in [0.4, 0.5) is 0 Å². The minimum atomic E-state index is -3.88. The van der Waals surface area contributed by atoms with Crippen molar-refractivity contribution in [1.29, 1.82) is 0 Å². The van der Waals surface area contributed by atoms with Crippen molar-refractivity contribution < 1.29 is 23.0 Å². The molecule has 0 radical (unpaired) electrons. The van der Waals surface area contributed by atoms with E-state index in [4.69, 9.17) is 9.47 Å². The molecule has 8 heteroatoms. The second-order valence-corrected chi connectivity index (χ2v) is 8.70. The Morgan fingerprint density at radius 2 is 2.04 bits per heavy atom. The van der Waals surface area contributed by atoms with Crippen LogP contribution in [0, 0.1) is 5.92 Å². The molecule has 0 amide bonds. The average Bonchev–Trinajstić information content (AvgIpc) is 3.34. The standard InChI is InChI=1S/C17H21NO5S2/c1-22-13-7-8-14(23-2)15(10-13)25(20,21)18-11-17(19,12-5-6-12)16-4-3-9-24-16/h3-4,7-10,12,18-19H,5-6,11H2,1-2H3. The van der Waals surface area contributed by atoms with Crippen molar-refractivity contribution in [3.8, 4) is 11.5 Å². The van der Waals surface area contributed by atoms with E-state index < -0.39 is 15.6 Å². The number of hydrogen-bond donors (Lipinski definition) is 2. The van der Waals surface area contributed by atoms with Crippen LogP contribution in [0.25, 0.3) is 0 Å². The summed E-state index contributed by atoms with van der Waals surface area (Å²) in [7, 11) is -1.000. The van der Waals surface area contributed by atoms with Gasteiger partial charge in [-0.2, -0.15) is 0 Å². The third-order valence-corrected chi connectivity index (χ3v) is 6.85. The van der Waals surface area contributed by atoms with Crippen molar-refractivity contribution >= 4 is 21.4 Å². The summed E-state index contributed by atoms with van der Waals surface area (Å²) in [5, 5.41) is 13.0. The highest BCUT2D eigenvalue weighted by Crippen LogP contribution is 2.47. The summed E-state index contributed by atoms with van der Waals surface area (Å²) in [6.07, 6.45) is 1.78. The van der Waals surface area contributed by atoms with Crippen LogP contribution >= 0.6 is 11.3 Å². The second kappa shape index (κ2) is 6.95. The number of methoxy groups -OCH3 is 2. The van der Waals surface area contributed by atoms with Gasteiger partial charge in [0.15, 0.2) is 0 Å². The first-order chi connectivity index (χ1) is 11.9. The number of hydrogen-bond acceptors (Lipinski definition) is 6. The lowest BCUT2D eigenvalue weighted by molar-refractivity contribution is 0.0222. The van der Waals surface area contributed by atoms with Crippen LogP contribution in [0.5, 0.6) is 11.5 Å². The highest BCUT2D eigenvalue weighted by Gasteiger charge is 2.46. The smallest absolute Gasteiger partial charge is 0.244 e. The first-order valence-electron chi connectivity index (χ1n) is 7.89. The van der Waals surface area contributed by atoms with Gasteiger partial charge in [-0.25, -0.2) is 13.1 Å². The molecular formula is C17H21NO5S2. The van der Waals surface area contributed by atoms with Crippen molar-refractivity contribution in [3.63, 3.8) is 0 Å². The fourth-order valence-corrected chi connectivity index (χ4v) is 4.95. The van der Waals surface area contributed by atoms with Crippen LogP contribution in [-0.2, 0) is 15.6 Å². The number of ether oxygens (including phenoxy) is 2. The maximum Gasteiger partial charge on any atom is 0.244 e. The highest BCUT2D eigenvalue weighted by atomic mass is 32.2. The molecule has 1 heterocycles. The summed E-state index contributed by atoms with van der Waals surface area (Å²) in [5.41, 5.74) is -1.19. The van der Waals surface area contributed by atoms with Crippen molar-refractivity contribution in [1.82, 2.24) is 4.72 Å². The fraction of sp³-hybridized carbons (Fsp3) is 0.412. The van der Waals surface area contributed by atoms with E-state index in [1.165, 1.54) is 31.6 Å². The Balaban J connectivity index is 1.87. The molecule has 6 nitrogen and oxygen atoms in total. The van der Waals surface area contributed by atoms with Crippen LogP contribution in [0.2, 0.25) is 0 Å². The summed E-state index contributed by atoms with van der Waals surface area (Å²) >= 11 is 1.43. The first-order valence-corrected chi connectivity index (χ1v) is 10.2. The Labute approximate surface area is 151 Å². The van der Waals surface area contributed by atoms with Gasteiger partial charge in [0.2, 0.25) is 10.0 Å². The Kier molecular flexibility index (Phi) is 5.06. The van der Waals surface area contributed by atoms with Gasteiger partial charge in [-0.3, -0.25) is 0 Å². The number of benzene rings is 1. The summed E-state index contributed by atoms with van der Waals surface area (Å²) in [6, 6.07) is 8.27. The molecular weight excluding hydrogens is 362 g/mol. The molecule has 2 aromatic rings. The van der Waals surface area contributed by atoms with E-state index >= 15 is 0 Å². The van der Waals surface area contributed by atoms with Crippen molar-refractivity contribution in [2.24, 2.45) is 5.92 Å². The number of sulfonamides is 1. The average molecular weight is 383 g/mol. The van der Waals surface area contributed by atoms with E-state index in [9.17, 15) is 13.5 Å². The molecule has 1 fully saturated rings. The fourth-order valence-electron chi connectivity index (χ4n) is 2.80. The molecule has 136 valence electrons. The van der Waals surface area contributed by atoms with Crippen LogP contribution in [0.3, 0.4) is 0 Å². The summed E-state index contributed by atoms with van der Waals surface area (Å²) in [4.78, 5) is 0.758. The van der Waals surface area contributed by atoms with Gasteiger partial charge in [0, 0.05) is 17.5 Å². The van der Waals surface area contributed by atoms with Gasteiger partial charge in [0.25, 0.3) is 0 Å². The minimum absolute atomic E-state index is 0.0151. The largest absolute Gasteiger partial charge is 0.497 e. The Hall–Kier alpha value is -1.61. The lowest BCUT2D eigenvalue weighted by atomic mass is 9.96. The number of thiophene rings is 1. The van der Waals surface area contributed by atoms with Gasteiger partial charge in [0.05, 0.1) is 14.2 Å². The zero-order valence-electron chi connectivity index (χ0n) is 14.1. The molecule has 1 unspecified atom stereocenters. The SMILES string of the molecule is COc1ccc(OC)c(S(=O)(=O)NCC(O)(c2cccs2)C2CC2)c1. The summed E-state index contributed by atoms with van der Waals surface area (Å²) < 4.78 is 38.4. The molecule has 1 atom stereocenters. The molecule has 0 bridgehead atoms. The molecule has 0 saturated heterocycles. The van der Waals surface area contributed by atoms with Gasteiger partial charge in [-0.1, -0.05) is 6.07 Å². The Morgan fingerprint density at radius 3 is 2.60 bits per heavy atom. The number of rotatable bonds is 8. The maximum absolute atomic E-state index is 12.8. The van der Waals surface area contributed by atoms with E-state index in [1.54, 1.807) is 12.1 Å². The minimum Gasteiger partial charge on any atom is -0.497 e. The second-order valence-electron chi connectivity index (χ2n) is 6.02. The molecule has 1 aromatic carbocycles. The van der Waals surface area contributed by atoms with E-state index in [-0.39, 0.29) is 23.1 Å². The normalized spacial score (nSPS) is 17.1. The third kappa shape index (κ3) is 3.67. The molecule has 1 aliphatic carbocycles. The van der Waals surface area contributed by atoms with E-state index in [0.717, 1.165) is 17.7 Å². The molecule has 0 spiro atoms. The predicted molar refractivity (Wildman–Crippen MR) is 95.7 cm³/mol. The predicted octanol–water partition coefficient (Wildman–Crippen LogP) is 2.34. The third-order valence-electron chi connectivity index (χ3n) is 4.39. The molecule has 1 saturated carbocycles. The van der Waals surface area contributed by atoms with Crippen LogP contribution in [0.1, 0.15) is 17.7 Å². The Morgan fingerprint density at radius 1 is 1.28 bits per heavy atom. The monoisotopic (exact) mass is 383 g/mol. The molecule has 25 heavy (non-hydrogen) atoms. The van der Waals surface area contributed by atoms with Crippen LogP contribution < -0.4 is 14.2 Å².